The van der Waals surface area contributed by atoms with E-state index < -0.39 is 0 Å². The van der Waals surface area contributed by atoms with Crippen LogP contribution in [0.15, 0.2) is 48.5 Å². The van der Waals surface area contributed by atoms with Gasteiger partial charge in [-0.15, -0.1) is 0 Å². The average Bonchev–Trinajstić information content (AvgIpc) is 2.46. The second-order valence-corrected chi connectivity index (χ2v) is 4.41. The number of hydrogen-bond donors (Lipinski definition) is 0. The van der Waals surface area contributed by atoms with Gasteiger partial charge in [0.25, 0.3) is 0 Å². The number of rotatable bonds is 3. The highest BCUT2D eigenvalue weighted by Gasteiger charge is 2.09. The van der Waals surface area contributed by atoms with Crippen molar-refractivity contribution >= 4 is 21.7 Å². The van der Waals surface area contributed by atoms with Crippen LogP contribution in [0.5, 0.6) is 0 Å². The molecule has 0 aliphatic rings. The van der Waals surface area contributed by atoms with E-state index in [1.165, 1.54) is 0 Å². The normalized spacial score (nSPS) is 9.78. The summed E-state index contributed by atoms with van der Waals surface area (Å²) in [6.07, 6.45) is 0. The smallest absolute Gasteiger partial charge is 0.193 e. The summed E-state index contributed by atoms with van der Waals surface area (Å²) in [5, 5.41) is 9.59. The van der Waals surface area contributed by atoms with Crippen LogP contribution in [0.1, 0.15) is 27.0 Å². The number of nitrogens with zero attached hydrogens (tertiary/aromatic N) is 1. The Hall–Kier alpha value is -1.92. The van der Waals surface area contributed by atoms with Gasteiger partial charge in [0.2, 0.25) is 0 Å². The molecule has 0 unspecified atom stereocenters. The van der Waals surface area contributed by atoms with Crippen molar-refractivity contribution in [3.05, 3.63) is 70.8 Å². The summed E-state index contributed by atoms with van der Waals surface area (Å²) in [5.41, 5.74) is 2.80. The van der Waals surface area contributed by atoms with E-state index in [1.54, 1.807) is 36.4 Å². The van der Waals surface area contributed by atoms with Crippen LogP contribution in [0.25, 0.3) is 0 Å². The molecule has 2 aromatic carbocycles. The van der Waals surface area contributed by atoms with E-state index in [0.29, 0.717) is 16.7 Å². The molecule has 3 heteroatoms. The van der Waals surface area contributed by atoms with Crippen molar-refractivity contribution < 1.29 is 4.79 Å². The quantitative estimate of drug-likeness (QED) is 0.641. The molecule has 0 aliphatic carbocycles. The third kappa shape index (κ3) is 2.66. The fourth-order valence-electron chi connectivity index (χ4n) is 1.64. The summed E-state index contributed by atoms with van der Waals surface area (Å²) in [5.74, 6) is -0.0618. The first-order valence-corrected chi connectivity index (χ1v) is 6.56. The first-order chi connectivity index (χ1) is 8.74. The van der Waals surface area contributed by atoms with Gasteiger partial charge in [-0.25, -0.2) is 0 Å². The van der Waals surface area contributed by atoms with Crippen molar-refractivity contribution in [2.75, 3.05) is 0 Å². The topological polar surface area (TPSA) is 40.9 Å². The fourth-order valence-corrected chi connectivity index (χ4v) is 2.02. The molecular formula is C15H10BrNO. The molecule has 0 aliphatic heterocycles. The monoisotopic (exact) mass is 299 g/mol. The molecule has 2 aromatic rings. The molecule has 0 fully saturated rings. The minimum Gasteiger partial charge on any atom is -0.289 e. The standard InChI is InChI=1S/C15H10BrNO/c16-9-11-4-6-13(7-5-11)15(18)14-3-1-2-12(8-14)10-17/h1-8H,9H2. The molecule has 0 saturated heterocycles. The van der Waals surface area contributed by atoms with Crippen molar-refractivity contribution in [1.29, 1.82) is 5.26 Å². The van der Waals surface area contributed by atoms with E-state index in [2.05, 4.69) is 15.9 Å². The van der Waals surface area contributed by atoms with Gasteiger partial charge >= 0.3 is 0 Å². The zero-order valence-electron chi connectivity index (χ0n) is 9.56. The first-order valence-electron chi connectivity index (χ1n) is 5.44. The highest BCUT2D eigenvalue weighted by molar-refractivity contribution is 9.08. The number of carbonyl (C=O) groups excluding carboxylic acids is 1. The second-order valence-electron chi connectivity index (χ2n) is 3.85. The molecule has 0 bridgehead atoms. The van der Waals surface area contributed by atoms with Crippen molar-refractivity contribution in [3.63, 3.8) is 0 Å². The summed E-state index contributed by atoms with van der Waals surface area (Å²) in [6, 6.07) is 16.2. The van der Waals surface area contributed by atoms with Crippen LogP contribution < -0.4 is 0 Å². The third-order valence-electron chi connectivity index (χ3n) is 2.62. The lowest BCUT2D eigenvalue weighted by Crippen LogP contribution is -2.01. The van der Waals surface area contributed by atoms with Crippen LogP contribution in [0, 0.1) is 11.3 Å². The summed E-state index contributed by atoms with van der Waals surface area (Å²) >= 11 is 3.36. The molecule has 0 heterocycles. The Morgan fingerprint density at radius 3 is 2.44 bits per heavy atom. The van der Waals surface area contributed by atoms with Crippen LogP contribution in [-0.2, 0) is 5.33 Å². The summed E-state index contributed by atoms with van der Waals surface area (Å²) in [4.78, 5) is 12.2. The van der Waals surface area contributed by atoms with Crippen LogP contribution >= 0.6 is 15.9 Å². The maximum absolute atomic E-state index is 12.2. The van der Waals surface area contributed by atoms with Gasteiger partial charge in [0.15, 0.2) is 5.78 Å². The maximum atomic E-state index is 12.2. The zero-order chi connectivity index (χ0) is 13.0. The van der Waals surface area contributed by atoms with Gasteiger partial charge in [0, 0.05) is 16.5 Å². The van der Waals surface area contributed by atoms with Crippen molar-refractivity contribution in [1.82, 2.24) is 0 Å². The predicted octanol–water partition coefficient (Wildman–Crippen LogP) is 3.68. The Bertz CT molecular complexity index is 611. The maximum Gasteiger partial charge on any atom is 0.193 e. The second kappa shape index (κ2) is 5.61. The third-order valence-corrected chi connectivity index (χ3v) is 3.27. The van der Waals surface area contributed by atoms with Gasteiger partial charge in [-0.1, -0.05) is 52.3 Å². The van der Waals surface area contributed by atoms with E-state index in [-0.39, 0.29) is 5.78 Å². The highest BCUT2D eigenvalue weighted by Crippen LogP contribution is 2.13. The Balaban J connectivity index is 2.32. The minimum absolute atomic E-state index is 0.0618. The summed E-state index contributed by atoms with van der Waals surface area (Å²) < 4.78 is 0. The molecule has 0 saturated carbocycles. The van der Waals surface area contributed by atoms with E-state index in [0.717, 1.165) is 10.9 Å². The van der Waals surface area contributed by atoms with Gasteiger partial charge in [0.1, 0.15) is 0 Å². The number of halogens is 1. The lowest BCUT2D eigenvalue weighted by molar-refractivity contribution is 0.103. The molecule has 2 rings (SSSR count). The lowest BCUT2D eigenvalue weighted by Gasteiger charge is -2.02. The molecule has 0 N–H and O–H groups in total. The minimum atomic E-state index is -0.0618. The zero-order valence-corrected chi connectivity index (χ0v) is 11.1. The lowest BCUT2D eigenvalue weighted by atomic mass is 10.0. The molecule has 0 radical (unpaired) electrons. The van der Waals surface area contributed by atoms with Crippen LogP contribution in [0.4, 0.5) is 0 Å². The van der Waals surface area contributed by atoms with Crippen molar-refractivity contribution in [2.24, 2.45) is 0 Å². The molecule has 0 spiro atoms. The van der Waals surface area contributed by atoms with Crippen molar-refractivity contribution in [2.45, 2.75) is 5.33 Å². The number of carbonyl (C=O) groups is 1. The molecule has 0 atom stereocenters. The molecule has 2 nitrogen and oxygen atoms in total. The van der Waals surface area contributed by atoms with Gasteiger partial charge in [-0.2, -0.15) is 5.26 Å². The largest absolute Gasteiger partial charge is 0.289 e. The Morgan fingerprint density at radius 2 is 1.83 bits per heavy atom. The van der Waals surface area contributed by atoms with Gasteiger partial charge in [-0.05, 0) is 17.7 Å². The SMILES string of the molecule is N#Cc1cccc(C(=O)c2ccc(CBr)cc2)c1. The van der Waals surface area contributed by atoms with Gasteiger partial charge in [0.05, 0.1) is 11.6 Å². The Morgan fingerprint density at radius 1 is 1.11 bits per heavy atom. The number of alkyl halides is 1. The fraction of sp³-hybridized carbons (Fsp3) is 0.0667. The van der Waals surface area contributed by atoms with Crippen LogP contribution in [0.3, 0.4) is 0 Å². The summed E-state index contributed by atoms with van der Waals surface area (Å²) in [6.45, 7) is 0. The molecule has 0 aromatic heterocycles. The van der Waals surface area contributed by atoms with Crippen LogP contribution in [0.2, 0.25) is 0 Å². The predicted molar refractivity (Wildman–Crippen MR) is 73.7 cm³/mol. The first kappa shape index (κ1) is 12.5. The van der Waals surface area contributed by atoms with Crippen LogP contribution in [-0.4, -0.2) is 5.78 Å². The summed E-state index contributed by atoms with van der Waals surface area (Å²) in [7, 11) is 0. The molecular weight excluding hydrogens is 290 g/mol. The van der Waals surface area contributed by atoms with E-state index in [1.807, 2.05) is 18.2 Å². The van der Waals surface area contributed by atoms with E-state index >= 15 is 0 Å². The number of ketones is 1. The van der Waals surface area contributed by atoms with Crippen molar-refractivity contribution in [3.8, 4) is 6.07 Å². The number of benzene rings is 2. The van der Waals surface area contributed by atoms with Gasteiger partial charge in [-0.3, -0.25) is 4.79 Å². The van der Waals surface area contributed by atoms with Gasteiger partial charge < -0.3 is 0 Å². The molecule has 0 amide bonds. The van der Waals surface area contributed by atoms with E-state index in [4.69, 9.17) is 5.26 Å². The van der Waals surface area contributed by atoms with E-state index in [9.17, 15) is 4.79 Å². The number of nitriles is 1. The molecule has 18 heavy (non-hydrogen) atoms. The Kier molecular flexibility index (Phi) is 3.91. The highest BCUT2D eigenvalue weighted by atomic mass is 79.9. The number of hydrogen-bond acceptors (Lipinski definition) is 2. The average molecular weight is 300 g/mol. The Labute approximate surface area is 114 Å². The molecule has 88 valence electrons.